The summed E-state index contributed by atoms with van der Waals surface area (Å²) in [6.45, 7) is 9.98. The van der Waals surface area contributed by atoms with Gasteiger partial charge in [-0.2, -0.15) is 0 Å². The van der Waals surface area contributed by atoms with Gasteiger partial charge in [0.15, 0.2) is 5.96 Å². The molecule has 3 rings (SSSR count). The lowest BCUT2D eigenvalue weighted by atomic mass is 9.65. The Morgan fingerprint density at radius 3 is 2.52 bits per heavy atom. The molecule has 6 heteroatoms. The Bertz CT molecular complexity index is 377. The molecule has 0 aromatic rings. The molecule has 0 aromatic carbocycles. The van der Waals surface area contributed by atoms with Crippen LogP contribution in [0.15, 0.2) is 4.99 Å². The van der Waals surface area contributed by atoms with Crippen LogP contribution in [0, 0.1) is 11.3 Å². The molecule has 1 saturated heterocycles. The summed E-state index contributed by atoms with van der Waals surface area (Å²) in [6.07, 6.45) is 7.09. The predicted molar refractivity (Wildman–Crippen MR) is 106 cm³/mol. The van der Waals surface area contributed by atoms with Crippen LogP contribution < -0.4 is 10.6 Å². The molecule has 1 heterocycles. The quantitative estimate of drug-likeness (QED) is 0.365. The number of aliphatic imine (C=N–C) groups is 1. The van der Waals surface area contributed by atoms with Gasteiger partial charge in [0.25, 0.3) is 0 Å². The Morgan fingerprint density at radius 2 is 1.96 bits per heavy atom. The molecule has 2 N–H and O–H groups in total. The van der Waals surface area contributed by atoms with Gasteiger partial charge in [-0.1, -0.05) is 6.42 Å². The van der Waals surface area contributed by atoms with E-state index in [1.54, 1.807) is 0 Å². The first-order valence-electron chi connectivity index (χ1n) is 9.15. The molecule has 134 valence electrons. The highest BCUT2D eigenvalue weighted by atomic mass is 127. The second kappa shape index (κ2) is 9.42. The van der Waals surface area contributed by atoms with E-state index in [0.29, 0.717) is 5.41 Å². The standard InChI is InChI=1S/C17H32N4O.HI/c1-2-18-16(19-8-9-21-10-12-22-13-11-21)20-14-17(6-3-7-17)15-4-5-15;/h15H,2-14H2,1H3,(H2,18,19,20);1H. The molecule has 1 aliphatic heterocycles. The van der Waals surface area contributed by atoms with Crippen LogP contribution >= 0.6 is 24.0 Å². The van der Waals surface area contributed by atoms with Crippen LogP contribution in [-0.4, -0.2) is 63.3 Å². The van der Waals surface area contributed by atoms with E-state index in [1.807, 2.05) is 0 Å². The third kappa shape index (κ3) is 5.46. The smallest absolute Gasteiger partial charge is 0.191 e. The fraction of sp³-hybridized carbons (Fsp3) is 0.941. The molecule has 5 nitrogen and oxygen atoms in total. The highest BCUT2D eigenvalue weighted by Crippen LogP contribution is 2.57. The SMILES string of the molecule is CCNC(=NCC1(C2CC2)CCC1)NCCN1CCOCC1.I. The minimum Gasteiger partial charge on any atom is -0.379 e. The maximum Gasteiger partial charge on any atom is 0.191 e. The van der Waals surface area contributed by atoms with E-state index >= 15 is 0 Å². The number of nitrogens with zero attached hydrogens (tertiary/aromatic N) is 2. The van der Waals surface area contributed by atoms with Crippen LogP contribution in [0.4, 0.5) is 0 Å². The molecular formula is C17H33IN4O. The second-order valence-electron chi connectivity index (χ2n) is 7.07. The van der Waals surface area contributed by atoms with Crippen molar-refractivity contribution < 1.29 is 4.74 Å². The van der Waals surface area contributed by atoms with Gasteiger partial charge in [0, 0.05) is 39.3 Å². The predicted octanol–water partition coefficient (Wildman–Crippen LogP) is 2.07. The van der Waals surface area contributed by atoms with Crippen LogP contribution in [-0.2, 0) is 4.74 Å². The molecule has 0 radical (unpaired) electrons. The molecule has 0 atom stereocenters. The topological polar surface area (TPSA) is 48.9 Å². The van der Waals surface area contributed by atoms with Crippen molar-refractivity contribution in [2.24, 2.45) is 16.3 Å². The molecule has 0 unspecified atom stereocenters. The van der Waals surface area contributed by atoms with Crippen molar-refractivity contribution >= 4 is 29.9 Å². The van der Waals surface area contributed by atoms with E-state index in [0.717, 1.165) is 64.4 Å². The number of morpholine rings is 1. The molecule has 2 aliphatic carbocycles. The van der Waals surface area contributed by atoms with E-state index in [1.165, 1.54) is 32.1 Å². The molecule has 3 fully saturated rings. The van der Waals surface area contributed by atoms with Gasteiger partial charge in [-0.25, -0.2) is 0 Å². The van der Waals surface area contributed by atoms with Crippen molar-refractivity contribution in [1.82, 2.24) is 15.5 Å². The van der Waals surface area contributed by atoms with Crippen LogP contribution in [0.3, 0.4) is 0 Å². The first-order chi connectivity index (χ1) is 10.8. The van der Waals surface area contributed by atoms with Crippen molar-refractivity contribution in [3.63, 3.8) is 0 Å². The van der Waals surface area contributed by atoms with Gasteiger partial charge >= 0.3 is 0 Å². The summed E-state index contributed by atoms with van der Waals surface area (Å²) in [5, 5.41) is 6.90. The summed E-state index contributed by atoms with van der Waals surface area (Å²) in [5.41, 5.74) is 0.562. The van der Waals surface area contributed by atoms with Gasteiger partial charge in [-0.3, -0.25) is 9.89 Å². The van der Waals surface area contributed by atoms with Gasteiger partial charge in [-0.15, -0.1) is 24.0 Å². The zero-order chi connectivity index (χ0) is 15.3. The molecule has 0 spiro atoms. The lowest BCUT2D eigenvalue weighted by Gasteiger charge is -2.41. The van der Waals surface area contributed by atoms with Gasteiger partial charge < -0.3 is 15.4 Å². The fourth-order valence-corrected chi connectivity index (χ4v) is 3.76. The van der Waals surface area contributed by atoms with Crippen LogP contribution in [0.25, 0.3) is 0 Å². The van der Waals surface area contributed by atoms with E-state index in [9.17, 15) is 0 Å². The minimum atomic E-state index is 0. The largest absolute Gasteiger partial charge is 0.379 e. The normalized spacial score (nSPS) is 24.5. The fourth-order valence-electron chi connectivity index (χ4n) is 3.76. The Hall–Kier alpha value is -0.0800. The van der Waals surface area contributed by atoms with Gasteiger partial charge in [0.05, 0.1) is 13.2 Å². The number of rotatable bonds is 7. The third-order valence-corrected chi connectivity index (χ3v) is 5.51. The Morgan fingerprint density at radius 1 is 1.22 bits per heavy atom. The summed E-state index contributed by atoms with van der Waals surface area (Å²) in [5.74, 6) is 1.98. The first kappa shape index (κ1) is 19.2. The Balaban J connectivity index is 0.00000192. The monoisotopic (exact) mass is 436 g/mol. The number of nitrogens with one attached hydrogen (secondary N) is 2. The minimum absolute atomic E-state index is 0. The zero-order valence-corrected chi connectivity index (χ0v) is 16.8. The van der Waals surface area contributed by atoms with E-state index in [2.05, 4.69) is 22.5 Å². The molecule has 3 aliphatic rings. The Kier molecular flexibility index (Phi) is 7.88. The van der Waals surface area contributed by atoms with Gasteiger partial charge in [-0.05, 0) is 43.9 Å². The van der Waals surface area contributed by atoms with E-state index in [-0.39, 0.29) is 24.0 Å². The maximum atomic E-state index is 5.39. The number of hydrogen-bond donors (Lipinski definition) is 2. The summed E-state index contributed by atoms with van der Waals surface area (Å²) >= 11 is 0. The van der Waals surface area contributed by atoms with E-state index in [4.69, 9.17) is 9.73 Å². The highest BCUT2D eigenvalue weighted by Gasteiger charge is 2.48. The van der Waals surface area contributed by atoms with Crippen molar-refractivity contribution in [1.29, 1.82) is 0 Å². The summed E-state index contributed by atoms with van der Waals surface area (Å²) in [6, 6.07) is 0. The third-order valence-electron chi connectivity index (χ3n) is 5.51. The van der Waals surface area contributed by atoms with Crippen molar-refractivity contribution in [2.75, 3.05) is 52.5 Å². The van der Waals surface area contributed by atoms with Crippen molar-refractivity contribution in [3.8, 4) is 0 Å². The van der Waals surface area contributed by atoms with Gasteiger partial charge in [0.1, 0.15) is 0 Å². The number of hydrogen-bond acceptors (Lipinski definition) is 3. The van der Waals surface area contributed by atoms with E-state index < -0.39 is 0 Å². The number of halogens is 1. The number of guanidine groups is 1. The summed E-state index contributed by atoms with van der Waals surface area (Å²) in [7, 11) is 0. The lowest BCUT2D eigenvalue weighted by Crippen LogP contribution is -2.45. The Labute approximate surface area is 158 Å². The van der Waals surface area contributed by atoms with Crippen molar-refractivity contribution in [2.45, 2.75) is 39.0 Å². The second-order valence-corrected chi connectivity index (χ2v) is 7.07. The number of ether oxygens (including phenoxy) is 1. The molecular weight excluding hydrogens is 403 g/mol. The molecule has 0 amide bonds. The summed E-state index contributed by atoms with van der Waals surface area (Å²) in [4.78, 5) is 7.36. The van der Waals surface area contributed by atoms with Gasteiger partial charge in [0.2, 0.25) is 0 Å². The average Bonchev–Trinajstić information content (AvgIpc) is 3.32. The summed E-state index contributed by atoms with van der Waals surface area (Å²) < 4.78 is 5.39. The highest BCUT2D eigenvalue weighted by molar-refractivity contribution is 14.0. The van der Waals surface area contributed by atoms with Crippen LogP contribution in [0.2, 0.25) is 0 Å². The average molecular weight is 436 g/mol. The molecule has 0 aromatic heterocycles. The first-order valence-corrected chi connectivity index (χ1v) is 9.15. The molecule has 0 bridgehead atoms. The molecule has 2 saturated carbocycles. The molecule has 23 heavy (non-hydrogen) atoms. The lowest BCUT2D eigenvalue weighted by molar-refractivity contribution is 0.0389. The van der Waals surface area contributed by atoms with Crippen LogP contribution in [0.5, 0.6) is 0 Å². The zero-order valence-electron chi connectivity index (χ0n) is 14.5. The van der Waals surface area contributed by atoms with Crippen LogP contribution in [0.1, 0.15) is 39.0 Å². The maximum absolute atomic E-state index is 5.39. The van der Waals surface area contributed by atoms with Crippen molar-refractivity contribution in [3.05, 3.63) is 0 Å².